The summed E-state index contributed by atoms with van der Waals surface area (Å²) in [7, 11) is 2.16. The summed E-state index contributed by atoms with van der Waals surface area (Å²) in [4.78, 5) is 2.35. The zero-order chi connectivity index (χ0) is 12.5. The van der Waals surface area contributed by atoms with E-state index in [-0.39, 0.29) is 0 Å². The van der Waals surface area contributed by atoms with E-state index in [0.717, 1.165) is 42.0 Å². The van der Waals surface area contributed by atoms with Gasteiger partial charge in [0.15, 0.2) is 0 Å². The van der Waals surface area contributed by atoms with Crippen LogP contribution in [-0.4, -0.2) is 31.6 Å². The average molecular weight is 265 g/mol. The van der Waals surface area contributed by atoms with Crippen LogP contribution in [0.25, 0.3) is 11.0 Å². The molecule has 0 amide bonds. The van der Waals surface area contributed by atoms with Gasteiger partial charge in [-0.25, -0.2) is 0 Å². The molecule has 1 saturated heterocycles. The van der Waals surface area contributed by atoms with E-state index < -0.39 is 0 Å². The highest BCUT2D eigenvalue weighted by atomic mass is 35.5. The van der Waals surface area contributed by atoms with E-state index in [4.69, 9.17) is 16.0 Å². The molecule has 0 radical (unpaired) electrons. The molecule has 1 aliphatic rings. The molecule has 2 heterocycles. The van der Waals surface area contributed by atoms with Crippen LogP contribution in [0.3, 0.4) is 0 Å². The monoisotopic (exact) mass is 264 g/mol. The number of nitrogens with one attached hydrogen (secondary N) is 1. The summed E-state index contributed by atoms with van der Waals surface area (Å²) >= 11 is 6.07. The van der Waals surface area contributed by atoms with Crippen LogP contribution in [0.15, 0.2) is 28.9 Å². The Morgan fingerprint density at radius 1 is 1.39 bits per heavy atom. The third kappa shape index (κ3) is 2.26. The molecule has 1 aromatic heterocycles. The molecule has 2 aromatic rings. The highest BCUT2D eigenvalue weighted by Gasteiger charge is 2.19. The van der Waals surface area contributed by atoms with Crippen molar-refractivity contribution in [1.82, 2.24) is 10.2 Å². The van der Waals surface area contributed by atoms with Gasteiger partial charge in [-0.2, -0.15) is 0 Å². The van der Waals surface area contributed by atoms with Gasteiger partial charge in [0, 0.05) is 35.1 Å². The highest BCUT2D eigenvalue weighted by Crippen LogP contribution is 2.30. The van der Waals surface area contributed by atoms with Crippen LogP contribution in [0, 0.1) is 0 Å². The van der Waals surface area contributed by atoms with Gasteiger partial charge in [0.1, 0.15) is 5.58 Å². The average Bonchev–Trinajstić information content (AvgIpc) is 2.64. The van der Waals surface area contributed by atoms with Crippen molar-refractivity contribution in [3.8, 4) is 0 Å². The summed E-state index contributed by atoms with van der Waals surface area (Å²) in [6, 6.07) is 6.15. The molecule has 3 nitrogen and oxygen atoms in total. The smallest absolute Gasteiger partial charge is 0.134 e. The van der Waals surface area contributed by atoms with Crippen LogP contribution >= 0.6 is 11.6 Å². The molecule has 0 saturated carbocycles. The van der Waals surface area contributed by atoms with E-state index in [9.17, 15) is 0 Å². The van der Waals surface area contributed by atoms with Crippen LogP contribution in [0.1, 0.15) is 18.0 Å². The fraction of sp³-hybridized carbons (Fsp3) is 0.429. The fourth-order valence-electron chi connectivity index (χ4n) is 2.55. The quantitative estimate of drug-likeness (QED) is 0.858. The number of furan rings is 1. The minimum atomic E-state index is 0.356. The lowest BCUT2D eigenvalue weighted by Gasteiger charge is -2.14. The van der Waals surface area contributed by atoms with Gasteiger partial charge in [0.05, 0.1) is 6.26 Å². The van der Waals surface area contributed by atoms with Crippen LogP contribution in [-0.2, 0) is 0 Å². The van der Waals surface area contributed by atoms with Gasteiger partial charge in [0.2, 0.25) is 0 Å². The first-order chi connectivity index (χ1) is 8.74. The number of halogens is 1. The Hall–Kier alpha value is -1.03. The first kappa shape index (κ1) is 12.0. The highest BCUT2D eigenvalue weighted by molar-refractivity contribution is 6.31. The molecule has 18 heavy (non-hydrogen) atoms. The third-order valence-corrected chi connectivity index (χ3v) is 3.86. The minimum Gasteiger partial charge on any atom is -0.464 e. The Labute approximate surface area is 112 Å². The largest absolute Gasteiger partial charge is 0.464 e. The van der Waals surface area contributed by atoms with Crippen molar-refractivity contribution in [2.75, 3.05) is 26.7 Å². The van der Waals surface area contributed by atoms with Crippen molar-refractivity contribution in [3.05, 3.63) is 35.0 Å². The molecule has 1 unspecified atom stereocenters. The summed E-state index contributed by atoms with van der Waals surface area (Å²) in [5, 5.41) is 5.47. The molecule has 1 aliphatic heterocycles. The lowest BCUT2D eigenvalue weighted by Crippen LogP contribution is -2.24. The van der Waals surface area contributed by atoms with E-state index in [0.29, 0.717) is 6.04 Å². The standard InChI is InChI=1S/C14H17ClN2O/c1-17-6-4-13(16-5-7-17)12-9-18-14-3-2-10(15)8-11(12)14/h2-3,8-9,13,16H,4-7H2,1H3. The zero-order valence-electron chi connectivity index (χ0n) is 10.4. The molecule has 96 valence electrons. The summed E-state index contributed by atoms with van der Waals surface area (Å²) < 4.78 is 5.61. The number of likely N-dealkylation sites (N-methyl/N-ethyl adjacent to an activating group) is 1. The van der Waals surface area contributed by atoms with Gasteiger partial charge in [-0.05, 0) is 38.2 Å². The van der Waals surface area contributed by atoms with E-state index >= 15 is 0 Å². The van der Waals surface area contributed by atoms with Crippen molar-refractivity contribution in [3.63, 3.8) is 0 Å². The molecule has 0 spiro atoms. The first-order valence-electron chi connectivity index (χ1n) is 6.32. The zero-order valence-corrected chi connectivity index (χ0v) is 11.2. The predicted octanol–water partition coefficient (Wildman–Crippen LogP) is 3.05. The SMILES string of the molecule is CN1CCNC(c2coc3ccc(Cl)cc23)CC1. The maximum absolute atomic E-state index is 6.07. The van der Waals surface area contributed by atoms with Crippen molar-refractivity contribution in [2.45, 2.75) is 12.5 Å². The molecule has 0 aliphatic carbocycles. The van der Waals surface area contributed by atoms with Gasteiger partial charge in [0.25, 0.3) is 0 Å². The number of hydrogen-bond acceptors (Lipinski definition) is 3. The van der Waals surface area contributed by atoms with Crippen molar-refractivity contribution >= 4 is 22.6 Å². The summed E-state index contributed by atoms with van der Waals surface area (Å²) in [5.74, 6) is 0. The molecular weight excluding hydrogens is 248 g/mol. The van der Waals surface area contributed by atoms with Gasteiger partial charge in [-0.15, -0.1) is 0 Å². The van der Waals surface area contributed by atoms with Crippen LogP contribution in [0.2, 0.25) is 5.02 Å². The molecule has 0 bridgehead atoms. The van der Waals surface area contributed by atoms with Gasteiger partial charge < -0.3 is 14.6 Å². The van der Waals surface area contributed by atoms with Gasteiger partial charge in [-0.3, -0.25) is 0 Å². The van der Waals surface area contributed by atoms with Gasteiger partial charge >= 0.3 is 0 Å². The van der Waals surface area contributed by atoms with Crippen molar-refractivity contribution in [1.29, 1.82) is 0 Å². The summed E-state index contributed by atoms with van der Waals surface area (Å²) in [6.07, 6.45) is 2.96. The third-order valence-electron chi connectivity index (χ3n) is 3.62. The maximum atomic E-state index is 6.07. The molecule has 1 fully saturated rings. The topological polar surface area (TPSA) is 28.4 Å². The molecule has 3 rings (SSSR count). The lowest BCUT2D eigenvalue weighted by molar-refractivity contribution is 0.355. The Morgan fingerprint density at radius 3 is 3.17 bits per heavy atom. The number of nitrogens with zero attached hydrogens (tertiary/aromatic N) is 1. The van der Waals surface area contributed by atoms with Crippen LogP contribution < -0.4 is 5.32 Å². The van der Waals surface area contributed by atoms with Gasteiger partial charge in [-0.1, -0.05) is 11.6 Å². The Balaban J connectivity index is 1.95. The number of fused-ring (bicyclic) bond motifs is 1. The summed E-state index contributed by atoms with van der Waals surface area (Å²) in [5.41, 5.74) is 2.14. The molecule has 1 atom stereocenters. The first-order valence-corrected chi connectivity index (χ1v) is 6.70. The molecule has 1 aromatic carbocycles. The summed E-state index contributed by atoms with van der Waals surface area (Å²) in [6.45, 7) is 3.20. The molecule has 1 N–H and O–H groups in total. The second kappa shape index (κ2) is 4.92. The second-order valence-corrected chi connectivity index (χ2v) is 5.37. The molecule has 4 heteroatoms. The maximum Gasteiger partial charge on any atom is 0.134 e. The Morgan fingerprint density at radius 2 is 2.28 bits per heavy atom. The fourth-order valence-corrected chi connectivity index (χ4v) is 2.72. The van der Waals surface area contributed by atoms with E-state index in [1.807, 2.05) is 24.5 Å². The number of hydrogen-bond donors (Lipinski definition) is 1. The number of benzene rings is 1. The normalized spacial score (nSPS) is 22.2. The van der Waals surface area contributed by atoms with Crippen LogP contribution in [0.5, 0.6) is 0 Å². The van der Waals surface area contributed by atoms with Crippen molar-refractivity contribution < 1.29 is 4.42 Å². The number of rotatable bonds is 1. The predicted molar refractivity (Wildman–Crippen MR) is 74.1 cm³/mol. The van der Waals surface area contributed by atoms with E-state index in [1.165, 1.54) is 5.56 Å². The Kier molecular flexibility index (Phi) is 3.29. The minimum absolute atomic E-state index is 0.356. The second-order valence-electron chi connectivity index (χ2n) is 4.93. The molecular formula is C14H17ClN2O. The van der Waals surface area contributed by atoms with Crippen molar-refractivity contribution in [2.24, 2.45) is 0 Å². The Bertz CT molecular complexity index is 552. The van der Waals surface area contributed by atoms with E-state index in [2.05, 4.69) is 17.3 Å². The lowest BCUT2D eigenvalue weighted by atomic mass is 10.0. The van der Waals surface area contributed by atoms with E-state index in [1.54, 1.807) is 0 Å². The van der Waals surface area contributed by atoms with Crippen LogP contribution in [0.4, 0.5) is 0 Å².